The van der Waals surface area contributed by atoms with E-state index in [1.807, 2.05) is 0 Å². The van der Waals surface area contributed by atoms with Gasteiger partial charge in [0.15, 0.2) is 9.84 Å². The van der Waals surface area contributed by atoms with E-state index in [4.69, 9.17) is 4.74 Å². The Morgan fingerprint density at radius 1 is 1.12 bits per heavy atom. The van der Waals surface area contributed by atoms with Crippen LogP contribution in [0.1, 0.15) is 38.5 Å². The highest BCUT2D eigenvalue weighted by atomic mass is 32.2. The molecule has 2 heterocycles. The zero-order valence-corrected chi connectivity index (χ0v) is 11.1. The maximum atomic E-state index is 11.7. The van der Waals surface area contributed by atoms with Gasteiger partial charge < -0.3 is 10.1 Å². The highest BCUT2D eigenvalue weighted by molar-refractivity contribution is 7.91. The molecule has 1 N–H and O–H groups in total. The molecule has 3 aliphatic rings. The van der Waals surface area contributed by atoms with Crippen molar-refractivity contribution in [1.29, 1.82) is 0 Å². The molecule has 3 fully saturated rings. The molecule has 2 bridgehead atoms. The molecule has 5 unspecified atom stereocenters. The van der Waals surface area contributed by atoms with Crippen LogP contribution in [0.4, 0.5) is 0 Å². The van der Waals surface area contributed by atoms with Crippen molar-refractivity contribution in [2.24, 2.45) is 0 Å². The van der Waals surface area contributed by atoms with Crippen LogP contribution >= 0.6 is 0 Å². The van der Waals surface area contributed by atoms with E-state index >= 15 is 0 Å². The Morgan fingerprint density at radius 2 is 1.94 bits per heavy atom. The van der Waals surface area contributed by atoms with Gasteiger partial charge in [-0.05, 0) is 32.1 Å². The molecule has 3 rings (SSSR count). The van der Waals surface area contributed by atoms with E-state index in [1.165, 1.54) is 12.7 Å². The summed E-state index contributed by atoms with van der Waals surface area (Å²) in [6.45, 7) is 0. The highest BCUT2D eigenvalue weighted by Gasteiger charge is 2.44. The lowest BCUT2D eigenvalue weighted by molar-refractivity contribution is 0.0961. The SMILES string of the molecule is CS(=O)(=O)C1CCCC1NC1CC2CCC1O2. The Bertz CT molecular complexity index is 395. The molecule has 0 aromatic rings. The topological polar surface area (TPSA) is 55.4 Å². The van der Waals surface area contributed by atoms with Gasteiger partial charge in [0.25, 0.3) is 0 Å². The molecular formula is C12H21NO3S. The lowest BCUT2D eigenvalue weighted by Crippen LogP contribution is -2.48. The first kappa shape index (κ1) is 11.9. The molecule has 5 heteroatoms. The van der Waals surface area contributed by atoms with Crippen LogP contribution in [0.3, 0.4) is 0 Å². The number of hydrogen-bond donors (Lipinski definition) is 1. The Labute approximate surface area is 103 Å². The number of nitrogens with one attached hydrogen (secondary N) is 1. The van der Waals surface area contributed by atoms with Gasteiger partial charge in [0.1, 0.15) is 0 Å². The van der Waals surface area contributed by atoms with E-state index in [-0.39, 0.29) is 11.3 Å². The predicted octanol–water partition coefficient (Wildman–Crippen LogP) is 0.862. The molecule has 0 aromatic heterocycles. The summed E-state index contributed by atoms with van der Waals surface area (Å²) in [6, 6.07) is 0.541. The van der Waals surface area contributed by atoms with Crippen molar-refractivity contribution >= 4 is 9.84 Å². The lowest BCUT2D eigenvalue weighted by Gasteiger charge is -2.27. The number of fused-ring (bicyclic) bond motifs is 2. The van der Waals surface area contributed by atoms with Gasteiger partial charge in [0.05, 0.1) is 17.5 Å². The summed E-state index contributed by atoms with van der Waals surface area (Å²) >= 11 is 0. The highest BCUT2D eigenvalue weighted by Crippen LogP contribution is 2.36. The van der Waals surface area contributed by atoms with Crippen LogP contribution in [-0.2, 0) is 14.6 Å². The van der Waals surface area contributed by atoms with Crippen LogP contribution < -0.4 is 5.32 Å². The molecule has 4 nitrogen and oxygen atoms in total. The van der Waals surface area contributed by atoms with Gasteiger partial charge >= 0.3 is 0 Å². The van der Waals surface area contributed by atoms with Gasteiger partial charge in [-0.2, -0.15) is 0 Å². The number of ether oxygens (including phenoxy) is 1. The Kier molecular flexibility index (Phi) is 2.96. The molecule has 0 amide bonds. The van der Waals surface area contributed by atoms with Gasteiger partial charge in [-0.1, -0.05) is 6.42 Å². The third-order valence-electron chi connectivity index (χ3n) is 4.54. The van der Waals surface area contributed by atoms with Crippen molar-refractivity contribution in [3.63, 3.8) is 0 Å². The molecule has 2 saturated heterocycles. The molecule has 1 aliphatic carbocycles. The summed E-state index contributed by atoms with van der Waals surface area (Å²) in [4.78, 5) is 0. The van der Waals surface area contributed by atoms with Crippen LogP contribution in [0, 0.1) is 0 Å². The van der Waals surface area contributed by atoms with Crippen molar-refractivity contribution in [2.45, 2.75) is 68.1 Å². The second kappa shape index (κ2) is 4.21. The molecule has 0 spiro atoms. The second-order valence-corrected chi connectivity index (χ2v) is 8.05. The van der Waals surface area contributed by atoms with Gasteiger partial charge in [-0.3, -0.25) is 0 Å². The van der Waals surface area contributed by atoms with Crippen molar-refractivity contribution in [2.75, 3.05) is 6.26 Å². The van der Waals surface area contributed by atoms with Crippen molar-refractivity contribution in [1.82, 2.24) is 5.32 Å². The predicted molar refractivity (Wildman–Crippen MR) is 65.7 cm³/mol. The van der Waals surface area contributed by atoms with E-state index in [1.54, 1.807) is 0 Å². The molecule has 1 saturated carbocycles. The zero-order valence-electron chi connectivity index (χ0n) is 10.3. The van der Waals surface area contributed by atoms with Crippen LogP contribution in [0.15, 0.2) is 0 Å². The molecule has 0 radical (unpaired) electrons. The number of hydrogen-bond acceptors (Lipinski definition) is 4. The number of sulfone groups is 1. The zero-order chi connectivity index (χ0) is 12.0. The molecule has 2 aliphatic heterocycles. The minimum atomic E-state index is -2.91. The summed E-state index contributed by atoms with van der Waals surface area (Å²) < 4.78 is 29.2. The summed E-state index contributed by atoms with van der Waals surface area (Å²) in [5.41, 5.74) is 0. The first-order valence-corrected chi connectivity index (χ1v) is 8.60. The second-order valence-electron chi connectivity index (χ2n) is 5.79. The summed E-state index contributed by atoms with van der Waals surface area (Å²) in [6.07, 6.45) is 8.35. The first-order valence-electron chi connectivity index (χ1n) is 6.64. The standard InChI is InChI=1S/C12H21NO3S/c1-17(14,15)12-4-2-3-9(12)13-10-7-8-5-6-11(10)16-8/h8-13H,2-7H2,1H3. The lowest BCUT2D eigenvalue weighted by atomic mass is 9.94. The quantitative estimate of drug-likeness (QED) is 0.817. The van der Waals surface area contributed by atoms with E-state index < -0.39 is 9.84 Å². The largest absolute Gasteiger partial charge is 0.373 e. The molecular weight excluding hydrogens is 238 g/mol. The van der Waals surface area contributed by atoms with Crippen molar-refractivity contribution in [3.05, 3.63) is 0 Å². The minimum absolute atomic E-state index is 0.151. The normalized spacial score (nSPS) is 45.6. The van der Waals surface area contributed by atoms with Crippen LogP contribution in [-0.4, -0.2) is 44.2 Å². The average Bonchev–Trinajstić information content (AvgIpc) is 2.89. The van der Waals surface area contributed by atoms with E-state index in [2.05, 4.69) is 5.32 Å². The molecule has 0 aromatic carbocycles. The third kappa shape index (κ3) is 2.25. The smallest absolute Gasteiger partial charge is 0.151 e. The summed E-state index contributed by atoms with van der Waals surface area (Å²) in [5.74, 6) is 0. The van der Waals surface area contributed by atoms with Crippen LogP contribution in [0.5, 0.6) is 0 Å². The molecule has 98 valence electrons. The van der Waals surface area contributed by atoms with E-state index in [0.717, 1.165) is 32.1 Å². The maximum absolute atomic E-state index is 11.7. The fourth-order valence-electron chi connectivity index (χ4n) is 3.72. The van der Waals surface area contributed by atoms with Gasteiger partial charge in [-0.25, -0.2) is 8.42 Å². The van der Waals surface area contributed by atoms with E-state index in [9.17, 15) is 8.42 Å². The monoisotopic (exact) mass is 259 g/mol. The van der Waals surface area contributed by atoms with Crippen LogP contribution in [0.2, 0.25) is 0 Å². The molecule has 5 atom stereocenters. The van der Waals surface area contributed by atoms with Crippen molar-refractivity contribution < 1.29 is 13.2 Å². The molecule has 17 heavy (non-hydrogen) atoms. The Hall–Kier alpha value is -0.130. The minimum Gasteiger partial charge on any atom is -0.373 e. The Morgan fingerprint density at radius 3 is 2.53 bits per heavy atom. The summed E-state index contributed by atoms with van der Waals surface area (Å²) in [5, 5.41) is 3.38. The van der Waals surface area contributed by atoms with E-state index in [0.29, 0.717) is 18.2 Å². The van der Waals surface area contributed by atoms with Gasteiger partial charge in [0, 0.05) is 18.3 Å². The van der Waals surface area contributed by atoms with Crippen LogP contribution in [0.25, 0.3) is 0 Å². The van der Waals surface area contributed by atoms with Gasteiger partial charge in [0.2, 0.25) is 0 Å². The maximum Gasteiger partial charge on any atom is 0.151 e. The fourth-order valence-corrected chi connectivity index (χ4v) is 5.12. The fraction of sp³-hybridized carbons (Fsp3) is 1.00. The summed E-state index contributed by atoms with van der Waals surface area (Å²) in [7, 11) is -2.91. The average molecular weight is 259 g/mol. The number of rotatable bonds is 3. The first-order chi connectivity index (χ1) is 8.04. The van der Waals surface area contributed by atoms with Gasteiger partial charge in [-0.15, -0.1) is 0 Å². The third-order valence-corrected chi connectivity index (χ3v) is 6.20. The Balaban J connectivity index is 1.65. The van der Waals surface area contributed by atoms with Crippen molar-refractivity contribution in [3.8, 4) is 0 Å².